The molecule has 0 aliphatic heterocycles. The number of aryl methyl sites for hydroxylation is 1. The Labute approximate surface area is 108 Å². The third-order valence-electron chi connectivity index (χ3n) is 3.29. The summed E-state index contributed by atoms with van der Waals surface area (Å²) in [5.74, 6) is 0. The quantitative estimate of drug-likeness (QED) is 0.774. The molecule has 0 radical (unpaired) electrons. The highest BCUT2D eigenvalue weighted by Crippen LogP contribution is 2.23. The first-order chi connectivity index (χ1) is 8.13. The van der Waals surface area contributed by atoms with Gasteiger partial charge >= 0.3 is 0 Å². The van der Waals surface area contributed by atoms with Gasteiger partial charge in [-0.1, -0.05) is 25.8 Å². The SMILES string of the molecule is CCCCC(C)n1c(=S)[nH]c2ccc(C)cc21. The number of hydrogen-bond donors (Lipinski definition) is 1. The molecule has 17 heavy (non-hydrogen) atoms. The van der Waals surface area contributed by atoms with Gasteiger partial charge in [0.15, 0.2) is 4.77 Å². The van der Waals surface area contributed by atoms with Crippen molar-refractivity contribution < 1.29 is 0 Å². The van der Waals surface area contributed by atoms with Crippen LogP contribution in [0.3, 0.4) is 0 Å². The minimum absolute atomic E-state index is 0.470. The van der Waals surface area contributed by atoms with E-state index in [1.54, 1.807) is 0 Å². The highest BCUT2D eigenvalue weighted by molar-refractivity contribution is 7.71. The second-order valence-corrected chi connectivity index (χ2v) is 5.20. The van der Waals surface area contributed by atoms with Crippen LogP contribution in [0.4, 0.5) is 0 Å². The van der Waals surface area contributed by atoms with Gasteiger partial charge in [-0.15, -0.1) is 0 Å². The second kappa shape index (κ2) is 5.05. The highest BCUT2D eigenvalue weighted by Gasteiger charge is 2.10. The molecule has 2 nitrogen and oxygen atoms in total. The van der Waals surface area contributed by atoms with E-state index in [0.29, 0.717) is 6.04 Å². The number of unbranched alkanes of at least 4 members (excludes halogenated alkanes) is 1. The van der Waals surface area contributed by atoms with Gasteiger partial charge in [0.25, 0.3) is 0 Å². The summed E-state index contributed by atoms with van der Waals surface area (Å²) in [5, 5.41) is 0. The number of rotatable bonds is 4. The monoisotopic (exact) mass is 248 g/mol. The van der Waals surface area contributed by atoms with Crippen molar-refractivity contribution in [2.75, 3.05) is 0 Å². The molecule has 1 aromatic carbocycles. The maximum absolute atomic E-state index is 5.43. The summed E-state index contributed by atoms with van der Waals surface area (Å²) in [7, 11) is 0. The van der Waals surface area contributed by atoms with E-state index in [0.717, 1.165) is 10.3 Å². The molecule has 1 N–H and O–H groups in total. The van der Waals surface area contributed by atoms with Gasteiger partial charge < -0.3 is 9.55 Å². The Balaban J connectivity index is 2.48. The number of H-pyrrole nitrogens is 1. The van der Waals surface area contributed by atoms with E-state index in [1.807, 2.05) is 0 Å². The summed E-state index contributed by atoms with van der Waals surface area (Å²) < 4.78 is 3.10. The van der Waals surface area contributed by atoms with Gasteiger partial charge in [-0.05, 0) is 50.2 Å². The van der Waals surface area contributed by atoms with Gasteiger partial charge in [0.2, 0.25) is 0 Å². The lowest BCUT2D eigenvalue weighted by atomic mass is 10.1. The Morgan fingerprint density at radius 2 is 2.18 bits per heavy atom. The van der Waals surface area contributed by atoms with Gasteiger partial charge in [0.05, 0.1) is 11.0 Å². The lowest BCUT2D eigenvalue weighted by molar-refractivity contribution is 0.491. The zero-order valence-corrected chi connectivity index (χ0v) is 11.6. The van der Waals surface area contributed by atoms with Crippen LogP contribution in [0, 0.1) is 11.7 Å². The molecule has 0 bridgehead atoms. The number of nitrogens with zero attached hydrogens (tertiary/aromatic N) is 1. The average Bonchev–Trinajstić information content (AvgIpc) is 2.61. The van der Waals surface area contributed by atoms with Crippen molar-refractivity contribution in [2.24, 2.45) is 0 Å². The molecule has 0 aliphatic rings. The van der Waals surface area contributed by atoms with Crippen molar-refractivity contribution in [3.8, 4) is 0 Å². The van der Waals surface area contributed by atoms with Crippen LogP contribution in [0.15, 0.2) is 18.2 Å². The molecule has 2 rings (SSSR count). The maximum atomic E-state index is 5.43. The van der Waals surface area contributed by atoms with E-state index in [4.69, 9.17) is 12.2 Å². The topological polar surface area (TPSA) is 20.7 Å². The fraction of sp³-hybridized carbons (Fsp3) is 0.500. The number of aromatic nitrogens is 2. The fourth-order valence-corrected chi connectivity index (χ4v) is 2.69. The lowest BCUT2D eigenvalue weighted by Gasteiger charge is -2.14. The number of benzene rings is 1. The molecule has 0 spiro atoms. The highest BCUT2D eigenvalue weighted by atomic mass is 32.1. The van der Waals surface area contributed by atoms with E-state index in [2.05, 4.69) is 48.5 Å². The van der Waals surface area contributed by atoms with E-state index < -0.39 is 0 Å². The second-order valence-electron chi connectivity index (χ2n) is 4.81. The number of aromatic amines is 1. The predicted octanol–water partition coefficient (Wildman–Crippen LogP) is 4.76. The molecular weight excluding hydrogens is 228 g/mol. The predicted molar refractivity (Wildman–Crippen MR) is 76.1 cm³/mol. The van der Waals surface area contributed by atoms with Crippen LogP contribution in [-0.2, 0) is 0 Å². The largest absolute Gasteiger partial charge is 0.331 e. The van der Waals surface area contributed by atoms with Crippen molar-refractivity contribution in [3.63, 3.8) is 0 Å². The minimum Gasteiger partial charge on any atom is -0.331 e. The molecule has 0 aliphatic carbocycles. The summed E-state index contributed by atoms with van der Waals surface area (Å²) in [6.45, 7) is 6.60. The van der Waals surface area contributed by atoms with Crippen LogP contribution in [0.5, 0.6) is 0 Å². The minimum atomic E-state index is 0.470. The molecule has 3 heteroatoms. The van der Waals surface area contributed by atoms with E-state index in [9.17, 15) is 0 Å². The molecule has 0 saturated heterocycles. The van der Waals surface area contributed by atoms with E-state index in [-0.39, 0.29) is 0 Å². The molecule has 1 unspecified atom stereocenters. The summed E-state index contributed by atoms with van der Waals surface area (Å²) in [4.78, 5) is 3.29. The normalized spacial score (nSPS) is 13.1. The molecule has 1 aromatic heterocycles. The Morgan fingerprint density at radius 1 is 1.41 bits per heavy atom. The van der Waals surface area contributed by atoms with Crippen LogP contribution in [-0.4, -0.2) is 9.55 Å². The molecule has 0 saturated carbocycles. The van der Waals surface area contributed by atoms with Crippen molar-refractivity contribution >= 4 is 23.3 Å². The van der Waals surface area contributed by atoms with Crippen LogP contribution in [0.1, 0.15) is 44.7 Å². The molecule has 92 valence electrons. The average molecular weight is 248 g/mol. The Hall–Kier alpha value is -1.09. The summed E-state index contributed by atoms with van der Waals surface area (Å²) in [5.41, 5.74) is 3.66. The Bertz CT molecular complexity index is 565. The Kier molecular flexibility index (Phi) is 3.67. The van der Waals surface area contributed by atoms with Crippen LogP contribution in [0.2, 0.25) is 0 Å². The van der Waals surface area contributed by atoms with Gasteiger partial charge in [-0.3, -0.25) is 0 Å². The zero-order valence-electron chi connectivity index (χ0n) is 10.8. The van der Waals surface area contributed by atoms with Gasteiger partial charge in [0, 0.05) is 6.04 Å². The number of imidazole rings is 1. The van der Waals surface area contributed by atoms with E-state index >= 15 is 0 Å². The molecule has 1 atom stereocenters. The standard InChI is InChI=1S/C14H20N2S/c1-4-5-6-11(3)16-13-9-10(2)7-8-12(13)15-14(16)17/h7-9,11H,4-6H2,1-3H3,(H,15,17). The molecular formula is C14H20N2S. The molecule has 0 amide bonds. The third-order valence-corrected chi connectivity index (χ3v) is 3.59. The fourth-order valence-electron chi connectivity index (χ4n) is 2.30. The molecule has 1 heterocycles. The first-order valence-corrected chi connectivity index (χ1v) is 6.75. The Morgan fingerprint density at radius 3 is 2.88 bits per heavy atom. The maximum Gasteiger partial charge on any atom is 0.178 e. The van der Waals surface area contributed by atoms with E-state index in [1.165, 1.54) is 30.3 Å². The van der Waals surface area contributed by atoms with Crippen LogP contribution < -0.4 is 0 Å². The van der Waals surface area contributed by atoms with Crippen LogP contribution >= 0.6 is 12.2 Å². The van der Waals surface area contributed by atoms with Crippen LogP contribution in [0.25, 0.3) is 11.0 Å². The first kappa shape index (κ1) is 12.4. The third kappa shape index (κ3) is 2.44. The first-order valence-electron chi connectivity index (χ1n) is 6.34. The van der Waals surface area contributed by atoms with Gasteiger partial charge in [-0.25, -0.2) is 0 Å². The summed E-state index contributed by atoms with van der Waals surface area (Å²) in [6, 6.07) is 6.92. The van der Waals surface area contributed by atoms with Crippen molar-refractivity contribution in [3.05, 3.63) is 28.5 Å². The number of hydrogen-bond acceptors (Lipinski definition) is 1. The van der Waals surface area contributed by atoms with Crippen molar-refractivity contribution in [1.29, 1.82) is 0 Å². The van der Waals surface area contributed by atoms with Crippen molar-refractivity contribution in [1.82, 2.24) is 9.55 Å². The zero-order chi connectivity index (χ0) is 12.4. The van der Waals surface area contributed by atoms with Gasteiger partial charge in [-0.2, -0.15) is 0 Å². The molecule has 0 fully saturated rings. The molecule has 2 aromatic rings. The summed E-state index contributed by atoms with van der Waals surface area (Å²) in [6.07, 6.45) is 3.67. The van der Waals surface area contributed by atoms with Gasteiger partial charge in [0.1, 0.15) is 0 Å². The lowest BCUT2D eigenvalue weighted by Crippen LogP contribution is -2.05. The summed E-state index contributed by atoms with van der Waals surface area (Å²) >= 11 is 5.43. The van der Waals surface area contributed by atoms with Crippen molar-refractivity contribution in [2.45, 2.75) is 46.1 Å². The number of nitrogens with one attached hydrogen (secondary N) is 1. The smallest absolute Gasteiger partial charge is 0.178 e. The number of fused-ring (bicyclic) bond motifs is 1.